The Bertz CT molecular complexity index is 404. The van der Waals surface area contributed by atoms with Crippen LogP contribution in [0.5, 0.6) is 0 Å². The minimum absolute atomic E-state index is 0.0730. The third-order valence-electron chi connectivity index (χ3n) is 2.27. The van der Waals surface area contributed by atoms with Crippen LogP contribution in [0, 0.1) is 0 Å². The van der Waals surface area contributed by atoms with Crippen molar-refractivity contribution >= 4 is 11.9 Å². The van der Waals surface area contributed by atoms with Crippen LogP contribution in [0.2, 0.25) is 0 Å². The van der Waals surface area contributed by atoms with Crippen molar-refractivity contribution in [3.63, 3.8) is 0 Å². The summed E-state index contributed by atoms with van der Waals surface area (Å²) < 4.78 is 0. The van der Waals surface area contributed by atoms with Gasteiger partial charge in [0.25, 0.3) is 0 Å². The lowest BCUT2D eigenvalue weighted by Crippen LogP contribution is -2.23. The molecule has 0 fully saturated rings. The quantitative estimate of drug-likeness (QED) is 0.679. The largest absolute Gasteiger partial charge is 0.478 e. The Kier molecular flexibility index (Phi) is 5.16. The molecule has 5 heteroatoms. The summed E-state index contributed by atoms with van der Waals surface area (Å²) in [6.07, 6.45) is 1.05. The summed E-state index contributed by atoms with van der Waals surface area (Å²) in [6, 6.07) is 6.49. The number of hydrogen-bond acceptors (Lipinski definition) is 3. The minimum Gasteiger partial charge on any atom is -0.478 e. The van der Waals surface area contributed by atoms with Gasteiger partial charge in [0, 0.05) is 13.0 Å². The normalized spacial score (nSPS) is 9.94. The van der Waals surface area contributed by atoms with Crippen molar-refractivity contribution in [2.75, 3.05) is 6.54 Å². The molecule has 0 heterocycles. The van der Waals surface area contributed by atoms with Crippen LogP contribution in [-0.4, -0.2) is 23.5 Å². The standard InChI is InChI=1S/C12H16N2O3/c13-6-2-5-11(15)14-8-9-3-1-4-10(7-9)12(16)17/h1,3-4,7H,2,5-6,8,13H2,(H,14,15)(H,16,17). The Morgan fingerprint density at radius 3 is 2.76 bits per heavy atom. The SMILES string of the molecule is NCCCC(=O)NCc1cccc(C(=O)O)c1. The van der Waals surface area contributed by atoms with Crippen LogP contribution in [0.4, 0.5) is 0 Å². The number of carbonyl (C=O) groups is 2. The summed E-state index contributed by atoms with van der Waals surface area (Å²) in [6.45, 7) is 0.826. The predicted molar refractivity (Wildman–Crippen MR) is 63.5 cm³/mol. The highest BCUT2D eigenvalue weighted by molar-refractivity contribution is 5.87. The molecule has 0 spiro atoms. The molecular weight excluding hydrogens is 220 g/mol. The fourth-order valence-electron chi connectivity index (χ4n) is 1.37. The van der Waals surface area contributed by atoms with Gasteiger partial charge in [-0.3, -0.25) is 4.79 Å². The molecule has 4 N–H and O–H groups in total. The van der Waals surface area contributed by atoms with Crippen LogP contribution in [0.25, 0.3) is 0 Å². The van der Waals surface area contributed by atoms with Crippen molar-refractivity contribution in [3.8, 4) is 0 Å². The van der Waals surface area contributed by atoms with E-state index in [1.54, 1.807) is 18.2 Å². The van der Waals surface area contributed by atoms with Gasteiger partial charge in [-0.1, -0.05) is 12.1 Å². The average Bonchev–Trinajstić information content (AvgIpc) is 2.34. The van der Waals surface area contributed by atoms with E-state index in [1.165, 1.54) is 6.07 Å². The maximum Gasteiger partial charge on any atom is 0.335 e. The molecule has 92 valence electrons. The van der Waals surface area contributed by atoms with Crippen molar-refractivity contribution in [1.82, 2.24) is 5.32 Å². The van der Waals surface area contributed by atoms with Crippen LogP contribution in [0.15, 0.2) is 24.3 Å². The molecule has 0 radical (unpaired) electrons. The van der Waals surface area contributed by atoms with Gasteiger partial charge in [-0.05, 0) is 30.7 Å². The smallest absolute Gasteiger partial charge is 0.335 e. The van der Waals surface area contributed by atoms with E-state index in [-0.39, 0.29) is 11.5 Å². The van der Waals surface area contributed by atoms with Crippen LogP contribution < -0.4 is 11.1 Å². The fraction of sp³-hybridized carbons (Fsp3) is 0.333. The molecule has 0 aliphatic rings. The number of carboxylic acid groups (broad SMARTS) is 1. The average molecular weight is 236 g/mol. The summed E-state index contributed by atoms with van der Waals surface area (Å²) in [4.78, 5) is 22.0. The van der Waals surface area contributed by atoms with Gasteiger partial charge >= 0.3 is 5.97 Å². The van der Waals surface area contributed by atoms with Gasteiger partial charge in [-0.15, -0.1) is 0 Å². The van der Waals surface area contributed by atoms with Crippen molar-refractivity contribution in [2.45, 2.75) is 19.4 Å². The second-order valence-electron chi connectivity index (χ2n) is 3.67. The van der Waals surface area contributed by atoms with Crippen molar-refractivity contribution in [2.24, 2.45) is 5.73 Å². The second kappa shape index (κ2) is 6.65. The summed E-state index contributed by atoms with van der Waals surface area (Å²) >= 11 is 0. The topological polar surface area (TPSA) is 92.4 Å². The van der Waals surface area contributed by atoms with Crippen molar-refractivity contribution < 1.29 is 14.7 Å². The van der Waals surface area contributed by atoms with Gasteiger partial charge in [0.1, 0.15) is 0 Å². The zero-order valence-corrected chi connectivity index (χ0v) is 9.48. The zero-order valence-electron chi connectivity index (χ0n) is 9.48. The van der Waals surface area contributed by atoms with E-state index in [0.717, 1.165) is 5.56 Å². The number of hydrogen-bond donors (Lipinski definition) is 3. The van der Waals surface area contributed by atoms with E-state index in [1.807, 2.05) is 0 Å². The molecular formula is C12H16N2O3. The summed E-state index contributed by atoms with van der Waals surface area (Å²) in [5.41, 5.74) is 6.28. The van der Waals surface area contributed by atoms with Crippen molar-refractivity contribution in [1.29, 1.82) is 0 Å². The Balaban J connectivity index is 2.49. The van der Waals surface area contributed by atoms with Crippen LogP contribution >= 0.6 is 0 Å². The first-order chi connectivity index (χ1) is 8.13. The van der Waals surface area contributed by atoms with Crippen molar-refractivity contribution in [3.05, 3.63) is 35.4 Å². The highest BCUT2D eigenvalue weighted by atomic mass is 16.4. The molecule has 0 saturated heterocycles. The van der Waals surface area contributed by atoms with E-state index in [4.69, 9.17) is 10.8 Å². The Labute approximate surface area is 99.6 Å². The summed E-state index contributed by atoms with van der Waals surface area (Å²) in [7, 11) is 0. The molecule has 0 unspecified atom stereocenters. The van der Waals surface area contributed by atoms with Gasteiger partial charge in [-0.2, -0.15) is 0 Å². The van der Waals surface area contributed by atoms with Crippen LogP contribution in [0.1, 0.15) is 28.8 Å². The zero-order chi connectivity index (χ0) is 12.7. The van der Waals surface area contributed by atoms with Crippen LogP contribution in [0.3, 0.4) is 0 Å². The van der Waals surface area contributed by atoms with Gasteiger partial charge in [0.15, 0.2) is 0 Å². The van der Waals surface area contributed by atoms with Crippen LogP contribution in [-0.2, 0) is 11.3 Å². The molecule has 1 rings (SSSR count). The molecule has 0 aliphatic heterocycles. The molecule has 17 heavy (non-hydrogen) atoms. The lowest BCUT2D eigenvalue weighted by atomic mass is 10.1. The lowest BCUT2D eigenvalue weighted by Gasteiger charge is -2.05. The maximum absolute atomic E-state index is 11.3. The summed E-state index contributed by atoms with van der Waals surface area (Å²) in [5, 5.41) is 11.5. The summed E-state index contributed by atoms with van der Waals surface area (Å²) in [5.74, 6) is -1.04. The third-order valence-corrected chi connectivity index (χ3v) is 2.27. The number of rotatable bonds is 6. The monoisotopic (exact) mass is 236 g/mol. The molecule has 1 aromatic carbocycles. The van der Waals surface area contributed by atoms with E-state index in [0.29, 0.717) is 25.9 Å². The lowest BCUT2D eigenvalue weighted by molar-refractivity contribution is -0.121. The van der Waals surface area contributed by atoms with Gasteiger partial charge in [0.2, 0.25) is 5.91 Å². The molecule has 0 aromatic heterocycles. The number of benzene rings is 1. The molecule has 5 nitrogen and oxygen atoms in total. The van der Waals surface area contributed by atoms with Gasteiger partial charge in [-0.25, -0.2) is 4.79 Å². The van der Waals surface area contributed by atoms with E-state index >= 15 is 0 Å². The first kappa shape index (κ1) is 13.2. The predicted octanol–water partition coefficient (Wildman–Crippen LogP) is 0.740. The molecule has 0 saturated carbocycles. The Hall–Kier alpha value is -1.88. The molecule has 0 atom stereocenters. The molecule has 1 amide bonds. The number of carboxylic acids is 1. The third kappa shape index (κ3) is 4.65. The first-order valence-electron chi connectivity index (χ1n) is 5.42. The molecule has 1 aromatic rings. The second-order valence-corrected chi connectivity index (χ2v) is 3.67. The Morgan fingerprint density at radius 2 is 2.12 bits per heavy atom. The highest BCUT2D eigenvalue weighted by Gasteiger charge is 2.04. The molecule has 0 aliphatic carbocycles. The Morgan fingerprint density at radius 1 is 1.35 bits per heavy atom. The van der Waals surface area contributed by atoms with E-state index in [9.17, 15) is 9.59 Å². The maximum atomic E-state index is 11.3. The number of aromatic carboxylic acids is 1. The fourth-order valence-corrected chi connectivity index (χ4v) is 1.37. The number of carbonyl (C=O) groups excluding carboxylic acids is 1. The van der Waals surface area contributed by atoms with Gasteiger partial charge < -0.3 is 16.2 Å². The minimum atomic E-state index is -0.971. The molecule has 0 bridgehead atoms. The highest BCUT2D eigenvalue weighted by Crippen LogP contribution is 2.05. The number of amides is 1. The first-order valence-corrected chi connectivity index (χ1v) is 5.42. The number of nitrogens with two attached hydrogens (primary N) is 1. The number of nitrogens with one attached hydrogen (secondary N) is 1. The van der Waals surface area contributed by atoms with Gasteiger partial charge in [0.05, 0.1) is 5.56 Å². The van der Waals surface area contributed by atoms with E-state index in [2.05, 4.69) is 5.32 Å². The van der Waals surface area contributed by atoms with E-state index < -0.39 is 5.97 Å².